The van der Waals surface area contributed by atoms with E-state index in [0.717, 1.165) is 58.8 Å². The molecule has 136 valence electrons. The number of likely N-dealkylation sites (N-methyl/N-ethyl adjacent to an activating group) is 4. The lowest BCUT2D eigenvalue weighted by molar-refractivity contribution is -0.130. The number of nitrogens with zero attached hydrogens (tertiary/aromatic N) is 5. The van der Waals surface area contributed by atoms with Gasteiger partial charge in [0.15, 0.2) is 0 Å². The van der Waals surface area contributed by atoms with Crippen LogP contribution in [-0.4, -0.2) is 125 Å². The van der Waals surface area contributed by atoms with Gasteiger partial charge in [-0.05, 0) is 60.2 Å². The second-order valence-corrected chi connectivity index (χ2v) is 7.18. The molecule has 0 atom stereocenters. The molecule has 0 aliphatic carbocycles. The minimum atomic E-state index is 0.198. The predicted molar refractivity (Wildman–Crippen MR) is 96.9 cm³/mol. The summed E-state index contributed by atoms with van der Waals surface area (Å²) < 4.78 is 0. The highest BCUT2D eigenvalue weighted by molar-refractivity contribution is 5.77. The highest BCUT2D eigenvalue weighted by Crippen LogP contribution is 2.00. The van der Waals surface area contributed by atoms with Crippen LogP contribution in [0.2, 0.25) is 0 Å². The van der Waals surface area contributed by atoms with Crippen LogP contribution in [0.25, 0.3) is 0 Å². The van der Waals surface area contributed by atoms with Crippen LogP contribution in [0.15, 0.2) is 0 Å². The summed E-state index contributed by atoms with van der Waals surface area (Å²) in [6.45, 7) is 9.13. The standard InChI is InChI=1S/C17H37N5O/c1-18(2)17(23)16-22-11-7-10-20(4)13-12-19(3)8-6-9-21(5)14-15-22/h6-16H2,1-5H3. The maximum Gasteiger partial charge on any atom is 0.236 e. The van der Waals surface area contributed by atoms with Gasteiger partial charge in [-0.15, -0.1) is 0 Å². The summed E-state index contributed by atoms with van der Waals surface area (Å²) in [7, 11) is 10.3. The average molecular weight is 328 g/mol. The molecule has 0 radical (unpaired) electrons. The molecule has 1 saturated heterocycles. The van der Waals surface area contributed by atoms with E-state index in [1.54, 1.807) is 4.90 Å². The number of hydrogen-bond donors (Lipinski definition) is 0. The van der Waals surface area contributed by atoms with Crippen LogP contribution in [0, 0.1) is 0 Å². The van der Waals surface area contributed by atoms with Crippen LogP contribution in [0.1, 0.15) is 12.8 Å². The highest BCUT2D eigenvalue weighted by atomic mass is 16.2. The Morgan fingerprint density at radius 1 is 0.739 bits per heavy atom. The number of amides is 1. The molecule has 1 heterocycles. The monoisotopic (exact) mass is 327 g/mol. The van der Waals surface area contributed by atoms with Gasteiger partial charge in [0.05, 0.1) is 6.54 Å². The first-order chi connectivity index (χ1) is 10.9. The molecule has 1 amide bonds. The number of rotatable bonds is 2. The Kier molecular flexibility index (Phi) is 9.71. The van der Waals surface area contributed by atoms with E-state index >= 15 is 0 Å². The van der Waals surface area contributed by atoms with Gasteiger partial charge in [-0.25, -0.2) is 0 Å². The lowest BCUT2D eigenvalue weighted by atomic mass is 10.3. The number of hydrogen-bond acceptors (Lipinski definition) is 5. The molecular formula is C17H37N5O. The molecule has 1 aliphatic rings. The molecule has 23 heavy (non-hydrogen) atoms. The Hall–Kier alpha value is -0.690. The van der Waals surface area contributed by atoms with E-state index in [2.05, 4.69) is 40.7 Å². The third kappa shape index (κ3) is 9.25. The molecule has 0 aromatic rings. The van der Waals surface area contributed by atoms with E-state index in [0.29, 0.717) is 6.54 Å². The molecule has 0 aromatic carbocycles. The molecule has 0 unspecified atom stereocenters. The quantitative estimate of drug-likeness (QED) is 0.711. The Morgan fingerprint density at radius 3 is 1.65 bits per heavy atom. The Bertz CT molecular complexity index is 337. The Balaban J connectivity index is 2.55. The molecule has 0 bridgehead atoms. The van der Waals surface area contributed by atoms with Crippen molar-refractivity contribution in [2.75, 3.05) is 94.1 Å². The molecule has 6 heteroatoms. The zero-order valence-electron chi connectivity index (χ0n) is 15.9. The van der Waals surface area contributed by atoms with Crippen molar-refractivity contribution in [1.82, 2.24) is 24.5 Å². The van der Waals surface area contributed by atoms with Crippen LogP contribution in [0.3, 0.4) is 0 Å². The molecule has 1 fully saturated rings. The highest BCUT2D eigenvalue weighted by Gasteiger charge is 2.14. The van der Waals surface area contributed by atoms with Crippen LogP contribution >= 0.6 is 0 Å². The summed E-state index contributed by atoms with van der Waals surface area (Å²) in [5, 5.41) is 0. The summed E-state index contributed by atoms with van der Waals surface area (Å²) in [5.41, 5.74) is 0. The van der Waals surface area contributed by atoms with Gasteiger partial charge in [0, 0.05) is 40.3 Å². The van der Waals surface area contributed by atoms with Crippen LogP contribution in [-0.2, 0) is 4.79 Å². The Morgan fingerprint density at radius 2 is 1.17 bits per heavy atom. The zero-order valence-corrected chi connectivity index (χ0v) is 15.9. The van der Waals surface area contributed by atoms with Crippen LogP contribution in [0.4, 0.5) is 0 Å². The smallest absolute Gasteiger partial charge is 0.236 e. The minimum Gasteiger partial charge on any atom is -0.348 e. The van der Waals surface area contributed by atoms with Crippen molar-refractivity contribution in [3.05, 3.63) is 0 Å². The SMILES string of the molecule is CN1CCCN(C)CCN(CC(=O)N(C)C)CCCN(C)CC1. The van der Waals surface area contributed by atoms with Crippen molar-refractivity contribution in [3.63, 3.8) is 0 Å². The first-order valence-electron chi connectivity index (χ1n) is 8.86. The first-order valence-corrected chi connectivity index (χ1v) is 8.86. The van der Waals surface area contributed by atoms with Crippen molar-refractivity contribution in [1.29, 1.82) is 0 Å². The van der Waals surface area contributed by atoms with Crippen molar-refractivity contribution in [3.8, 4) is 0 Å². The molecule has 0 spiro atoms. The largest absolute Gasteiger partial charge is 0.348 e. The van der Waals surface area contributed by atoms with E-state index in [-0.39, 0.29) is 5.91 Å². The van der Waals surface area contributed by atoms with E-state index < -0.39 is 0 Å². The summed E-state index contributed by atoms with van der Waals surface area (Å²) in [6, 6.07) is 0. The topological polar surface area (TPSA) is 33.3 Å². The lowest BCUT2D eigenvalue weighted by Crippen LogP contribution is -2.42. The fraction of sp³-hybridized carbons (Fsp3) is 0.941. The molecule has 6 nitrogen and oxygen atoms in total. The van der Waals surface area contributed by atoms with Crippen molar-refractivity contribution >= 4 is 5.91 Å². The molecule has 0 saturated carbocycles. The van der Waals surface area contributed by atoms with Gasteiger partial charge in [0.1, 0.15) is 0 Å². The van der Waals surface area contributed by atoms with Gasteiger partial charge < -0.3 is 19.6 Å². The minimum absolute atomic E-state index is 0.198. The van der Waals surface area contributed by atoms with Crippen molar-refractivity contribution < 1.29 is 4.79 Å². The molecule has 1 rings (SSSR count). The zero-order chi connectivity index (χ0) is 17.2. The van der Waals surface area contributed by atoms with Gasteiger partial charge >= 0.3 is 0 Å². The van der Waals surface area contributed by atoms with Gasteiger partial charge in [-0.3, -0.25) is 9.69 Å². The summed E-state index contributed by atoms with van der Waals surface area (Å²) in [5.74, 6) is 0.198. The lowest BCUT2D eigenvalue weighted by Gasteiger charge is -2.29. The van der Waals surface area contributed by atoms with E-state index in [9.17, 15) is 4.79 Å². The predicted octanol–water partition coefficient (Wildman–Crippen LogP) is -0.0342. The van der Waals surface area contributed by atoms with E-state index in [1.165, 1.54) is 6.42 Å². The molecule has 0 N–H and O–H groups in total. The van der Waals surface area contributed by atoms with Crippen LogP contribution < -0.4 is 0 Å². The molecule has 1 aliphatic heterocycles. The van der Waals surface area contributed by atoms with E-state index in [1.807, 2.05) is 14.1 Å². The summed E-state index contributed by atoms with van der Waals surface area (Å²) >= 11 is 0. The number of carbonyl (C=O) groups is 1. The third-order valence-corrected chi connectivity index (χ3v) is 4.61. The third-order valence-electron chi connectivity index (χ3n) is 4.61. The second-order valence-electron chi connectivity index (χ2n) is 7.18. The van der Waals surface area contributed by atoms with Gasteiger partial charge in [-0.1, -0.05) is 0 Å². The average Bonchev–Trinajstić information content (AvgIpc) is 2.49. The molecule has 0 aromatic heterocycles. The summed E-state index contributed by atoms with van der Waals surface area (Å²) in [4.78, 5) is 23.2. The Labute approximate surface area is 143 Å². The van der Waals surface area contributed by atoms with Gasteiger partial charge in [0.2, 0.25) is 5.91 Å². The maximum absolute atomic E-state index is 12.0. The van der Waals surface area contributed by atoms with Crippen LogP contribution in [0.5, 0.6) is 0 Å². The first kappa shape index (κ1) is 20.4. The maximum atomic E-state index is 12.0. The molecular weight excluding hydrogens is 290 g/mol. The van der Waals surface area contributed by atoms with E-state index in [4.69, 9.17) is 0 Å². The van der Waals surface area contributed by atoms with Crippen molar-refractivity contribution in [2.45, 2.75) is 12.8 Å². The van der Waals surface area contributed by atoms with Gasteiger partial charge in [-0.2, -0.15) is 0 Å². The fourth-order valence-electron chi connectivity index (χ4n) is 2.77. The second kappa shape index (κ2) is 11.0. The normalized spacial score (nSPS) is 22.7. The fourth-order valence-corrected chi connectivity index (χ4v) is 2.77. The summed E-state index contributed by atoms with van der Waals surface area (Å²) in [6.07, 6.45) is 2.32. The van der Waals surface area contributed by atoms with Crippen molar-refractivity contribution in [2.24, 2.45) is 0 Å². The number of carbonyl (C=O) groups excluding carboxylic acids is 1. The van der Waals surface area contributed by atoms with Gasteiger partial charge in [0.25, 0.3) is 0 Å².